The zero-order chi connectivity index (χ0) is 8.39. The van der Waals surface area contributed by atoms with Crippen LogP contribution in [-0.4, -0.2) is 29.6 Å². The highest BCUT2D eigenvalue weighted by molar-refractivity contribution is 7.07. The summed E-state index contributed by atoms with van der Waals surface area (Å²) < 4.78 is 9.21. The maximum Gasteiger partial charge on any atom is 0.292 e. The third-order valence-corrected chi connectivity index (χ3v) is 2.72. The summed E-state index contributed by atoms with van der Waals surface area (Å²) in [6.45, 7) is 2.08. The Kier molecular flexibility index (Phi) is 2.23. The number of rotatable bonds is 2. The summed E-state index contributed by atoms with van der Waals surface area (Å²) >= 11 is 1.33. The van der Waals surface area contributed by atoms with E-state index >= 15 is 0 Å². The Balaban J connectivity index is 2.11. The molecular formula is C7H11N3OS. The summed E-state index contributed by atoms with van der Waals surface area (Å²) in [4.78, 5) is 4.26. The number of hydrogen-bond donors (Lipinski definition) is 1. The van der Waals surface area contributed by atoms with Gasteiger partial charge in [0.05, 0.1) is 7.11 Å². The minimum Gasteiger partial charge on any atom is -0.472 e. The van der Waals surface area contributed by atoms with Crippen molar-refractivity contribution >= 4 is 11.5 Å². The Hall–Kier alpha value is -0.680. The predicted molar refractivity (Wildman–Crippen MR) is 46.7 cm³/mol. The zero-order valence-corrected chi connectivity index (χ0v) is 7.73. The topological polar surface area (TPSA) is 47.0 Å². The zero-order valence-electron chi connectivity index (χ0n) is 6.91. The van der Waals surface area contributed by atoms with Gasteiger partial charge < -0.3 is 10.1 Å². The highest BCUT2D eigenvalue weighted by atomic mass is 32.1. The normalized spacial score (nSPS) is 22.9. The summed E-state index contributed by atoms with van der Waals surface area (Å²) in [5, 5.41) is 3.95. The Morgan fingerprint density at radius 2 is 2.58 bits per heavy atom. The predicted octanol–water partition coefficient (Wildman–Crippen LogP) is 0.624. The van der Waals surface area contributed by atoms with Crippen molar-refractivity contribution in [2.24, 2.45) is 0 Å². The second kappa shape index (κ2) is 3.37. The molecular weight excluding hydrogens is 174 g/mol. The van der Waals surface area contributed by atoms with Crippen molar-refractivity contribution in [3.05, 3.63) is 5.82 Å². The van der Waals surface area contributed by atoms with Gasteiger partial charge in [0, 0.05) is 24.0 Å². The van der Waals surface area contributed by atoms with E-state index in [2.05, 4.69) is 14.7 Å². The quantitative estimate of drug-likeness (QED) is 0.734. The van der Waals surface area contributed by atoms with Crippen LogP contribution in [0.3, 0.4) is 0 Å². The highest BCUT2D eigenvalue weighted by Gasteiger charge is 2.20. The molecule has 12 heavy (non-hydrogen) atoms. The van der Waals surface area contributed by atoms with Crippen molar-refractivity contribution in [1.29, 1.82) is 0 Å². The maximum atomic E-state index is 4.98. The van der Waals surface area contributed by atoms with Gasteiger partial charge in [0.2, 0.25) is 0 Å². The number of hydrogen-bond acceptors (Lipinski definition) is 5. The number of ether oxygens (including phenoxy) is 1. The summed E-state index contributed by atoms with van der Waals surface area (Å²) in [6.07, 6.45) is 1.14. The number of nitrogens with one attached hydrogen (secondary N) is 1. The highest BCUT2D eigenvalue weighted by Crippen LogP contribution is 2.23. The van der Waals surface area contributed by atoms with Crippen LogP contribution in [0.2, 0.25) is 0 Å². The van der Waals surface area contributed by atoms with Gasteiger partial charge in [0.25, 0.3) is 5.19 Å². The lowest BCUT2D eigenvalue weighted by atomic mass is 10.1. The molecule has 0 amide bonds. The van der Waals surface area contributed by atoms with Crippen LogP contribution in [-0.2, 0) is 0 Å². The third-order valence-electron chi connectivity index (χ3n) is 2.02. The molecule has 0 radical (unpaired) electrons. The largest absolute Gasteiger partial charge is 0.472 e. The van der Waals surface area contributed by atoms with Gasteiger partial charge in [0.1, 0.15) is 0 Å². The first-order valence-corrected chi connectivity index (χ1v) is 4.76. The lowest BCUT2D eigenvalue weighted by Gasteiger charge is -1.99. The lowest BCUT2D eigenvalue weighted by Crippen LogP contribution is -2.08. The molecule has 1 aliphatic rings. The fourth-order valence-electron chi connectivity index (χ4n) is 1.34. The van der Waals surface area contributed by atoms with Gasteiger partial charge in [-0.2, -0.15) is 9.36 Å². The van der Waals surface area contributed by atoms with Crippen molar-refractivity contribution in [1.82, 2.24) is 14.7 Å². The van der Waals surface area contributed by atoms with Crippen LogP contribution < -0.4 is 10.1 Å². The molecule has 1 aromatic heterocycles. The van der Waals surface area contributed by atoms with Gasteiger partial charge in [-0.1, -0.05) is 0 Å². The molecule has 1 fully saturated rings. The molecule has 4 nitrogen and oxygen atoms in total. The van der Waals surface area contributed by atoms with Crippen molar-refractivity contribution in [2.45, 2.75) is 12.3 Å². The summed E-state index contributed by atoms with van der Waals surface area (Å²) in [6, 6.07) is 0. The minimum absolute atomic E-state index is 0.491. The van der Waals surface area contributed by atoms with Crippen LogP contribution in [0.4, 0.5) is 0 Å². The van der Waals surface area contributed by atoms with Crippen LogP contribution in [0.5, 0.6) is 5.19 Å². The molecule has 1 aliphatic heterocycles. The van der Waals surface area contributed by atoms with Crippen molar-refractivity contribution in [3.63, 3.8) is 0 Å². The van der Waals surface area contributed by atoms with Crippen LogP contribution in [0.1, 0.15) is 18.2 Å². The van der Waals surface area contributed by atoms with Gasteiger partial charge in [-0.3, -0.25) is 0 Å². The SMILES string of the molecule is COc1nc(C2CCNC2)ns1. The van der Waals surface area contributed by atoms with Crippen LogP contribution in [0.25, 0.3) is 0 Å². The molecule has 5 heteroatoms. The maximum absolute atomic E-state index is 4.98. The standard InChI is InChI=1S/C7H11N3OS/c1-11-7-9-6(10-12-7)5-2-3-8-4-5/h5,8H,2-4H2,1H3. The van der Waals surface area contributed by atoms with Crippen molar-refractivity contribution in [2.75, 3.05) is 20.2 Å². The molecule has 1 N–H and O–H groups in total. The molecule has 1 saturated heterocycles. The Morgan fingerprint density at radius 3 is 3.17 bits per heavy atom. The van der Waals surface area contributed by atoms with Crippen LogP contribution >= 0.6 is 11.5 Å². The molecule has 1 unspecified atom stereocenters. The fourth-order valence-corrected chi connectivity index (χ4v) is 1.91. The van der Waals surface area contributed by atoms with Crippen LogP contribution in [0, 0.1) is 0 Å². The van der Waals surface area contributed by atoms with E-state index in [9.17, 15) is 0 Å². The molecule has 0 spiro atoms. The van der Waals surface area contributed by atoms with E-state index in [1.165, 1.54) is 11.5 Å². The van der Waals surface area contributed by atoms with Gasteiger partial charge in [0.15, 0.2) is 5.82 Å². The molecule has 2 heterocycles. The number of methoxy groups -OCH3 is 1. The number of nitrogens with zero attached hydrogens (tertiary/aromatic N) is 2. The molecule has 1 aromatic rings. The summed E-state index contributed by atoms with van der Waals surface area (Å²) in [5.74, 6) is 1.42. The third kappa shape index (κ3) is 1.42. The molecule has 2 rings (SSSR count). The van der Waals surface area contributed by atoms with E-state index in [0.29, 0.717) is 11.1 Å². The van der Waals surface area contributed by atoms with E-state index in [4.69, 9.17) is 4.74 Å². The molecule has 1 atom stereocenters. The Morgan fingerprint density at radius 1 is 1.67 bits per heavy atom. The van der Waals surface area contributed by atoms with Crippen molar-refractivity contribution in [3.8, 4) is 5.19 Å². The first-order chi connectivity index (χ1) is 5.90. The van der Waals surface area contributed by atoms with Gasteiger partial charge in [-0.25, -0.2) is 0 Å². The first kappa shape index (κ1) is 7.94. The first-order valence-electron chi connectivity index (χ1n) is 3.98. The van der Waals surface area contributed by atoms with Gasteiger partial charge in [-0.15, -0.1) is 0 Å². The van der Waals surface area contributed by atoms with Crippen molar-refractivity contribution < 1.29 is 4.74 Å². The summed E-state index contributed by atoms with van der Waals surface area (Å²) in [7, 11) is 1.62. The smallest absolute Gasteiger partial charge is 0.292 e. The lowest BCUT2D eigenvalue weighted by molar-refractivity contribution is 0.409. The Bertz CT molecular complexity index is 257. The molecule has 0 saturated carbocycles. The number of aromatic nitrogens is 2. The monoisotopic (exact) mass is 185 g/mol. The van der Waals surface area contributed by atoms with E-state index in [1.807, 2.05) is 0 Å². The minimum atomic E-state index is 0.491. The second-order valence-corrected chi connectivity index (χ2v) is 3.53. The van der Waals surface area contributed by atoms with Gasteiger partial charge >= 0.3 is 0 Å². The molecule has 66 valence electrons. The average molecular weight is 185 g/mol. The second-order valence-electron chi connectivity index (χ2n) is 2.81. The fraction of sp³-hybridized carbons (Fsp3) is 0.714. The Labute approximate surface area is 75.1 Å². The molecule has 0 aliphatic carbocycles. The van der Waals surface area contributed by atoms with E-state index in [0.717, 1.165) is 25.3 Å². The van der Waals surface area contributed by atoms with E-state index in [1.54, 1.807) is 7.11 Å². The van der Waals surface area contributed by atoms with E-state index in [-0.39, 0.29) is 0 Å². The summed E-state index contributed by atoms with van der Waals surface area (Å²) in [5.41, 5.74) is 0. The molecule has 0 bridgehead atoms. The molecule has 0 aromatic carbocycles. The van der Waals surface area contributed by atoms with E-state index < -0.39 is 0 Å². The van der Waals surface area contributed by atoms with Crippen LogP contribution in [0.15, 0.2) is 0 Å². The average Bonchev–Trinajstić information content (AvgIpc) is 2.75. The van der Waals surface area contributed by atoms with Gasteiger partial charge in [-0.05, 0) is 13.0 Å².